The largest absolute Gasteiger partial charge is 0.508 e. The Hall–Kier alpha value is -3.13. The zero-order valence-electron chi connectivity index (χ0n) is 24.0. The molecule has 1 aromatic carbocycles. The minimum atomic E-state index is -0.883. The van der Waals surface area contributed by atoms with Crippen LogP contribution in [0, 0.1) is 28.6 Å². The lowest BCUT2D eigenvalue weighted by Gasteiger charge is -2.58. The van der Waals surface area contributed by atoms with E-state index in [9.17, 15) is 19.8 Å². The molecule has 1 aromatic rings. The molecule has 3 N–H and O–H groups in total. The van der Waals surface area contributed by atoms with Crippen molar-refractivity contribution in [2.45, 2.75) is 77.4 Å². The van der Waals surface area contributed by atoms with Crippen LogP contribution in [0.2, 0.25) is 0 Å². The highest BCUT2D eigenvalue weighted by molar-refractivity contribution is 6.05. The lowest BCUT2D eigenvalue weighted by atomic mass is 9.47. The summed E-state index contributed by atoms with van der Waals surface area (Å²) < 4.78 is 4.84. The fourth-order valence-electron chi connectivity index (χ4n) is 8.11. The molecule has 0 aliphatic heterocycles. The highest BCUT2D eigenvalue weighted by atomic mass is 16.6. The van der Waals surface area contributed by atoms with Crippen molar-refractivity contribution in [3.05, 3.63) is 53.6 Å². The second kappa shape index (κ2) is 10.7. The summed E-state index contributed by atoms with van der Waals surface area (Å²) in [6.07, 6.45) is 12.9. The molecule has 0 radical (unpaired) electrons. The van der Waals surface area contributed by atoms with Crippen molar-refractivity contribution in [2.75, 3.05) is 13.7 Å². The predicted molar refractivity (Wildman–Crippen MR) is 151 cm³/mol. The fourth-order valence-corrected chi connectivity index (χ4v) is 8.11. The lowest BCUT2D eigenvalue weighted by molar-refractivity contribution is -0.145. The zero-order chi connectivity index (χ0) is 28.7. The molecule has 3 fully saturated rings. The highest BCUT2D eigenvalue weighted by Gasteiger charge is 2.62. The van der Waals surface area contributed by atoms with Crippen LogP contribution < -0.4 is 5.32 Å². The third-order valence-corrected chi connectivity index (χ3v) is 10.7. The number of hydrogen-bond donors (Lipinski definition) is 3. The number of fused-ring (bicyclic) bond motifs is 5. The van der Waals surface area contributed by atoms with Crippen molar-refractivity contribution in [1.82, 2.24) is 5.32 Å². The van der Waals surface area contributed by atoms with Gasteiger partial charge in [-0.25, -0.2) is 4.79 Å². The quantitative estimate of drug-likeness (QED) is 0.341. The molecule has 3 saturated carbocycles. The number of benzene rings is 1. The van der Waals surface area contributed by atoms with Gasteiger partial charge in [0.15, 0.2) is 6.61 Å². The first kappa shape index (κ1) is 28.4. The van der Waals surface area contributed by atoms with Gasteiger partial charge in [0.05, 0.1) is 12.7 Å². The molecule has 5 rings (SSSR count). The monoisotopic (exact) mass is 550 g/mol. The first-order valence-corrected chi connectivity index (χ1v) is 14.4. The number of ether oxygens (including phenoxy) is 1. The molecule has 0 saturated heterocycles. The number of esters is 1. The van der Waals surface area contributed by atoms with Gasteiger partial charge in [-0.3, -0.25) is 4.79 Å². The van der Waals surface area contributed by atoms with Gasteiger partial charge in [0.2, 0.25) is 0 Å². The van der Waals surface area contributed by atoms with Crippen molar-refractivity contribution < 1.29 is 29.4 Å². The Kier molecular flexibility index (Phi) is 7.59. The Morgan fingerprint density at radius 2 is 1.82 bits per heavy atom. The molecule has 4 aliphatic carbocycles. The third kappa shape index (κ3) is 5.06. The van der Waals surface area contributed by atoms with Gasteiger partial charge < -0.3 is 25.1 Å². The molecular formula is C32H42N2O6. The van der Waals surface area contributed by atoms with Crippen molar-refractivity contribution in [3.63, 3.8) is 0 Å². The molecule has 40 heavy (non-hydrogen) atoms. The number of oxime groups is 1. The fraction of sp³-hybridized carbons (Fsp3) is 0.594. The molecule has 0 bridgehead atoms. The first-order valence-electron chi connectivity index (χ1n) is 14.4. The van der Waals surface area contributed by atoms with Crippen LogP contribution in [0.15, 0.2) is 53.2 Å². The standard InChI is InChI=1S/C32H42N2O6/c1-30-14-11-22(18-21(30)7-10-24-25(30)12-15-31(2)26(24)13-16-32(31,3)38)34-40-19-28(36)33-27(29(37)39-4)17-20-5-8-23(35)9-6-20/h5-6,8-9,11,14,18,24-27,35,38H,7,10,12-13,15-17,19H2,1-4H3,(H,33,36)/b34-22-/t24-,25+,26+,27-,30+,31+,32+/m1/s1. The molecule has 0 heterocycles. The minimum absolute atomic E-state index is 0.00207. The van der Waals surface area contributed by atoms with E-state index in [0.29, 0.717) is 23.5 Å². The van der Waals surface area contributed by atoms with Gasteiger partial charge in [-0.2, -0.15) is 0 Å². The second-order valence-electron chi connectivity index (χ2n) is 12.8. The summed E-state index contributed by atoms with van der Waals surface area (Å²) >= 11 is 0. The molecule has 0 spiro atoms. The van der Waals surface area contributed by atoms with Gasteiger partial charge in [-0.15, -0.1) is 0 Å². The number of rotatable bonds is 7. The Bertz CT molecular complexity index is 1230. The Morgan fingerprint density at radius 3 is 2.55 bits per heavy atom. The Balaban J connectivity index is 1.19. The molecule has 0 aromatic heterocycles. The van der Waals surface area contributed by atoms with Crippen LogP contribution in [0.4, 0.5) is 0 Å². The van der Waals surface area contributed by atoms with Crippen molar-refractivity contribution in [1.29, 1.82) is 0 Å². The maximum atomic E-state index is 12.6. The molecule has 8 heteroatoms. The van der Waals surface area contributed by atoms with E-state index in [1.165, 1.54) is 24.8 Å². The average molecular weight is 551 g/mol. The van der Waals surface area contributed by atoms with E-state index in [2.05, 4.69) is 36.5 Å². The van der Waals surface area contributed by atoms with Gasteiger partial charge >= 0.3 is 5.97 Å². The zero-order valence-corrected chi connectivity index (χ0v) is 24.0. The summed E-state index contributed by atoms with van der Waals surface area (Å²) in [7, 11) is 1.27. The van der Waals surface area contributed by atoms with Gasteiger partial charge in [-0.05, 0) is 98.5 Å². The van der Waals surface area contributed by atoms with Crippen LogP contribution in [0.5, 0.6) is 5.75 Å². The van der Waals surface area contributed by atoms with E-state index in [1.54, 1.807) is 12.1 Å². The summed E-state index contributed by atoms with van der Waals surface area (Å²) in [6, 6.07) is 5.55. The minimum Gasteiger partial charge on any atom is -0.508 e. The van der Waals surface area contributed by atoms with E-state index in [-0.39, 0.29) is 29.6 Å². The molecular weight excluding hydrogens is 508 g/mol. The summed E-state index contributed by atoms with van der Waals surface area (Å²) in [4.78, 5) is 30.2. The molecule has 7 atom stereocenters. The number of carbonyl (C=O) groups excluding carboxylic acids is 2. The summed E-state index contributed by atoms with van der Waals surface area (Å²) in [5.41, 5.74) is 2.20. The Labute approximate surface area is 236 Å². The second-order valence-corrected chi connectivity index (χ2v) is 12.8. The number of aliphatic hydroxyl groups is 1. The topological polar surface area (TPSA) is 117 Å². The van der Waals surface area contributed by atoms with Crippen LogP contribution in [0.1, 0.15) is 64.9 Å². The van der Waals surface area contributed by atoms with Crippen LogP contribution in [-0.4, -0.2) is 53.2 Å². The molecule has 4 aliphatic rings. The average Bonchev–Trinajstić information content (AvgIpc) is 3.17. The maximum Gasteiger partial charge on any atom is 0.328 e. The van der Waals surface area contributed by atoms with Gasteiger partial charge in [0.1, 0.15) is 17.5 Å². The smallest absolute Gasteiger partial charge is 0.328 e. The van der Waals surface area contributed by atoms with E-state index < -0.39 is 23.5 Å². The number of amides is 1. The number of aromatic hydroxyl groups is 1. The molecule has 1 amide bonds. The molecule has 8 nitrogen and oxygen atoms in total. The van der Waals surface area contributed by atoms with E-state index >= 15 is 0 Å². The van der Waals surface area contributed by atoms with Gasteiger partial charge in [0.25, 0.3) is 5.91 Å². The first-order chi connectivity index (χ1) is 19.0. The number of nitrogens with one attached hydrogen (secondary N) is 1. The van der Waals surface area contributed by atoms with E-state index in [4.69, 9.17) is 9.57 Å². The van der Waals surface area contributed by atoms with Crippen molar-refractivity contribution in [3.8, 4) is 5.75 Å². The maximum absolute atomic E-state index is 12.6. The molecule has 216 valence electrons. The number of nitrogens with zero attached hydrogens (tertiary/aromatic N) is 1. The number of phenols is 1. The number of allylic oxidation sites excluding steroid dienone is 4. The highest BCUT2D eigenvalue weighted by Crippen LogP contribution is 2.66. The Morgan fingerprint density at radius 1 is 1.10 bits per heavy atom. The lowest BCUT2D eigenvalue weighted by Crippen LogP contribution is -2.53. The number of carbonyl (C=O) groups is 2. The van der Waals surface area contributed by atoms with E-state index in [0.717, 1.165) is 44.1 Å². The number of methoxy groups -OCH3 is 1. The summed E-state index contributed by atoms with van der Waals surface area (Å²) in [5, 5.41) is 27.5. The normalized spacial score (nSPS) is 36.1. The summed E-state index contributed by atoms with van der Waals surface area (Å²) in [5.74, 6) is 0.809. The van der Waals surface area contributed by atoms with Crippen LogP contribution in [0.3, 0.4) is 0 Å². The third-order valence-electron chi connectivity index (χ3n) is 10.7. The van der Waals surface area contributed by atoms with Crippen molar-refractivity contribution >= 4 is 17.6 Å². The van der Waals surface area contributed by atoms with Crippen LogP contribution in [-0.2, 0) is 25.6 Å². The predicted octanol–water partition coefficient (Wildman–Crippen LogP) is 4.45. The summed E-state index contributed by atoms with van der Waals surface area (Å²) in [6.45, 7) is 6.36. The SMILES string of the molecule is COC(=O)[C@@H](Cc1ccc(O)cc1)NC(=O)CO/N=C1/C=C[C@@]2(C)C(=C1)CC[C@@H]1[C@@H]2CC[C@@]2(C)[C@H]1CC[C@]2(C)O. The van der Waals surface area contributed by atoms with Gasteiger partial charge in [0, 0.05) is 11.8 Å². The number of hydrogen-bond acceptors (Lipinski definition) is 7. The van der Waals surface area contributed by atoms with Gasteiger partial charge in [-0.1, -0.05) is 42.8 Å². The van der Waals surface area contributed by atoms with Crippen molar-refractivity contribution in [2.24, 2.45) is 33.7 Å². The molecule has 0 unspecified atom stereocenters. The van der Waals surface area contributed by atoms with Crippen LogP contribution >= 0.6 is 0 Å². The van der Waals surface area contributed by atoms with Crippen LogP contribution in [0.25, 0.3) is 0 Å². The number of phenolic OH excluding ortho intramolecular Hbond substituents is 1. The van der Waals surface area contributed by atoms with E-state index in [1.807, 2.05) is 13.0 Å².